The minimum Gasteiger partial charge on any atom is -0.310 e. The molecule has 0 bridgehead atoms. The van der Waals surface area contributed by atoms with E-state index >= 15 is 0 Å². The van der Waals surface area contributed by atoms with Gasteiger partial charge < -0.3 is 14.7 Å². The minimum absolute atomic E-state index is 0.198. The summed E-state index contributed by atoms with van der Waals surface area (Å²) < 4.78 is 0. The summed E-state index contributed by atoms with van der Waals surface area (Å²) >= 11 is 0. The second kappa shape index (κ2) is 17.5. The molecule has 322 valence electrons. The van der Waals surface area contributed by atoms with Crippen LogP contribution >= 0.6 is 0 Å². The summed E-state index contributed by atoms with van der Waals surface area (Å²) in [6, 6.07) is 92.3. The van der Waals surface area contributed by atoms with Gasteiger partial charge >= 0.3 is 0 Å². The summed E-state index contributed by atoms with van der Waals surface area (Å²) in [7, 11) is 0. The Morgan fingerprint density at radius 1 is 0.269 bits per heavy atom. The summed E-state index contributed by atoms with van der Waals surface area (Å²) in [5.41, 5.74) is 20.7. The van der Waals surface area contributed by atoms with Gasteiger partial charge in [0.2, 0.25) is 0 Å². The van der Waals surface area contributed by atoms with Gasteiger partial charge in [0.05, 0.1) is 17.1 Å². The SMILES string of the molecule is Cc1cccc2c1-c1ccc(N(c3cccc(-c4ccccc4-c4ccccc4)c3)c3cc(N(c4ccccc4)c4ccccc4)cc(N(c4ccccc4)c4ccccc4)c3)cc1C2(C)C. The van der Waals surface area contributed by atoms with E-state index in [0.717, 1.165) is 56.7 Å². The average molecular weight is 862 g/mol. The van der Waals surface area contributed by atoms with Crippen LogP contribution in [0.4, 0.5) is 51.2 Å². The quantitative estimate of drug-likeness (QED) is 0.128. The lowest BCUT2D eigenvalue weighted by atomic mass is 9.82. The number of fused-ring (bicyclic) bond motifs is 3. The van der Waals surface area contributed by atoms with Gasteiger partial charge in [0, 0.05) is 39.5 Å². The van der Waals surface area contributed by atoms with Crippen molar-refractivity contribution in [3.63, 3.8) is 0 Å². The van der Waals surface area contributed by atoms with Crippen molar-refractivity contribution in [1.82, 2.24) is 0 Å². The van der Waals surface area contributed by atoms with Gasteiger partial charge in [-0.3, -0.25) is 0 Å². The molecule has 0 aromatic heterocycles. The molecule has 0 saturated carbocycles. The Labute approximate surface area is 395 Å². The van der Waals surface area contributed by atoms with Crippen LogP contribution in [0.3, 0.4) is 0 Å². The van der Waals surface area contributed by atoms with Crippen LogP contribution in [0.5, 0.6) is 0 Å². The molecular formula is C64H51N3. The zero-order valence-corrected chi connectivity index (χ0v) is 38.1. The van der Waals surface area contributed by atoms with Gasteiger partial charge in [0.15, 0.2) is 0 Å². The normalized spacial score (nSPS) is 12.2. The average Bonchev–Trinajstić information content (AvgIpc) is 3.61. The topological polar surface area (TPSA) is 9.72 Å². The predicted octanol–water partition coefficient (Wildman–Crippen LogP) is 18.0. The lowest BCUT2D eigenvalue weighted by Crippen LogP contribution is -2.18. The van der Waals surface area contributed by atoms with Gasteiger partial charge in [-0.1, -0.05) is 178 Å². The minimum atomic E-state index is -0.198. The first-order valence-corrected chi connectivity index (χ1v) is 23.2. The van der Waals surface area contributed by atoms with Crippen molar-refractivity contribution < 1.29 is 0 Å². The van der Waals surface area contributed by atoms with E-state index in [4.69, 9.17) is 0 Å². The number of aryl methyl sites for hydroxylation is 1. The maximum absolute atomic E-state index is 2.47. The Kier molecular flexibility index (Phi) is 10.8. The van der Waals surface area contributed by atoms with E-state index in [2.05, 4.69) is 290 Å². The van der Waals surface area contributed by atoms with Crippen molar-refractivity contribution in [3.05, 3.63) is 271 Å². The zero-order chi connectivity index (χ0) is 45.3. The molecule has 3 nitrogen and oxygen atoms in total. The molecule has 0 fully saturated rings. The van der Waals surface area contributed by atoms with Gasteiger partial charge in [0.1, 0.15) is 0 Å². The Hall–Kier alpha value is -8.40. The van der Waals surface area contributed by atoms with Crippen molar-refractivity contribution in [2.24, 2.45) is 0 Å². The first kappa shape index (κ1) is 41.3. The van der Waals surface area contributed by atoms with Crippen molar-refractivity contribution in [3.8, 4) is 33.4 Å². The maximum atomic E-state index is 2.47. The van der Waals surface area contributed by atoms with Crippen molar-refractivity contribution in [2.75, 3.05) is 14.7 Å². The molecule has 0 N–H and O–H groups in total. The first-order valence-electron chi connectivity index (χ1n) is 23.2. The van der Waals surface area contributed by atoms with Crippen molar-refractivity contribution in [2.45, 2.75) is 26.2 Å². The van der Waals surface area contributed by atoms with E-state index in [1.54, 1.807) is 0 Å². The Morgan fingerprint density at radius 3 is 1.16 bits per heavy atom. The van der Waals surface area contributed by atoms with Gasteiger partial charge in [0.25, 0.3) is 0 Å². The molecule has 3 heteroatoms. The molecule has 0 amide bonds. The summed E-state index contributed by atoms with van der Waals surface area (Å²) in [5, 5.41) is 0. The van der Waals surface area contributed by atoms with Crippen LogP contribution in [0, 0.1) is 6.92 Å². The lowest BCUT2D eigenvalue weighted by molar-refractivity contribution is 0.660. The molecule has 10 aromatic rings. The number of hydrogen-bond donors (Lipinski definition) is 0. The van der Waals surface area contributed by atoms with Crippen LogP contribution in [-0.4, -0.2) is 0 Å². The highest BCUT2D eigenvalue weighted by Crippen LogP contribution is 2.53. The van der Waals surface area contributed by atoms with Crippen LogP contribution in [0.1, 0.15) is 30.5 Å². The highest BCUT2D eigenvalue weighted by molar-refractivity contribution is 5.93. The first-order chi connectivity index (χ1) is 32.9. The number of benzene rings is 10. The van der Waals surface area contributed by atoms with Crippen molar-refractivity contribution in [1.29, 1.82) is 0 Å². The Morgan fingerprint density at radius 2 is 0.657 bits per heavy atom. The van der Waals surface area contributed by atoms with Gasteiger partial charge in [-0.15, -0.1) is 0 Å². The summed E-state index contributed by atoms with van der Waals surface area (Å²) in [6.07, 6.45) is 0. The highest BCUT2D eigenvalue weighted by Gasteiger charge is 2.37. The summed E-state index contributed by atoms with van der Waals surface area (Å²) in [6.45, 7) is 6.99. The molecule has 0 saturated heterocycles. The molecule has 0 heterocycles. The van der Waals surface area contributed by atoms with E-state index in [1.165, 1.54) is 44.5 Å². The van der Waals surface area contributed by atoms with Crippen molar-refractivity contribution >= 4 is 51.2 Å². The van der Waals surface area contributed by atoms with E-state index < -0.39 is 0 Å². The summed E-state index contributed by atoms with van der Waals surface area (Å²) in [4.78, 5) is 7.21. The van der Waals surface area contributed by atoms with Crippen LogP contribution < -0.4 is 14.7 Å². The van der Waals surface area contributed by atoms with E-state index in [0.29, 0.717) is 0 Å². The molecule has 0 spiro atoms. The van der Waals surface area contributed by atoms with Crippen LogP contribution in [0.25, 0.3) is 33.4 Å². The lowest BCUT2D eigenvalue weighted by Gasteiger charge is -2.33. The fourth-order valence-corrected chi connectivity index (χ4v) is 10.1. The summed E-state index contributed by atoms with van der Waals surface area (Å²) in [5.74, 6) is 0. The molecule has 0 aliphatic heterocycles. The number of anilines is 9. The predicted molar refractivity (Wildman–Crippen MR) is 284 cm³/mol. The molecule has 67 heavy (non-hydrogen) atoms. The zero-order valence-electron chi connectivity index (χ0n) is 38.1. The molecule has 0 unspecified atom stereocenters. The molecule has 0 radical (unpaired) electrons. The largest absolute Gasteiger partial charge is 0.310 e. The number of para-hydroxylation sites is 4. The Balaban J connectivity index is 1.19. The number of nitrogens with zero attached hydrogens (tertiary/aromatic N) is 3. The monoisotopic (exact) mass is 861 g/mol. The number of hydrogen-bond acceptors (Lipinski definition) is 3. The Bertz CT molecular complexity index is 3150. The third kappa shape index (κ3) is 7.75. The van der Waals surface area contributed by atoms with Crippen LogP contribution in [-0.2, 0) is 5.41 Å². The highest BCUT2D eigenvalue weighted by atomic mass is 15.2. The third-order valence-corrected chi connectivity index (χ3v) is 13.3. The maximum Gasteiger partial charge on any atom is 0.0503 e. The third-order valence-electron chi connectivity index (χ3n) is 13.3. The molecular weight excluding hydrogens is 811 g/mol. The standard InChI is InChI=1S/C64H51N3/c1-46-23-21-38-61-63(46)60-40-39-54(45-62(60)64(61,2)3)67(53-35-22-26-48(41-53)59-37-20-19-36-58(59)47-24-9-4-10-25-47)57-43-55(65(49-27-11-5-12-28-49)50-29-13-6-14-30-50)42-56(44-57)66(51-31-15-7-16-32-51)52-33-17-8-18-34-52/h4-45H,1-3H3. The van der Waals surface area contributed by atoms with Gasteiger partial charge in [-0.2, -0.15) is 0 Å². The molecule has 10 aromatic carbocycles. The second-order valence-corrected chi connectivity index (χ2v) is 17.9. The van der Waals surface area contributed by atoms with Crippen LogP contribution in [0.15, 0.2) is 255 Å². The van der Waals surface area contributed by atoms with E-state index in [9.17, 15) is 0 Å². The second-order valence-electron chi connectivity index (χ2n) is 17.9. The van der Waals surface area contributed by atoms with Gasteiger partial charge in [-0.25, -0.2) is 0 Å². The molecule has 1 aliphatic rings. The van der Waals surface area contributed by atoms with Crippen LogP contribution in [0.2, 0.25) is 0 Å². The fraction of sp³-hybridized carbons (Fsp3) is 0.0625. The van der Waals surface area contributed by atoms with E-state index in [-0.39, 0.29) is 5.41 Å². The molecule has 0 atom stereocenters. The number of rotatable bonds is 11. The van der Waals surface area contributed by atoms with Gasteiger partial charge in [-0.05, 0) is 148 Å². The fourth-order valence-electron chi connectivity index (χ4n) is 10.1. The molecule has 1 aliphatic carbocycles. The molecule has 11 rings (SSSR count). The smallest absolute Gasteiger partial charge is 0.0503 e. The van der Waals surface area contributed by atoms with E-state index in [1.807, 2.05) is 0 Å².